The number of hydrogen-bond acceptors (Lipinski definition) is 4. The molecule has 0 aliphatic carbocycles. The molecule has 0 aromatic carbocycles. The van der Waals surface area contributed by atoms with Crippen LogP contribution in [0, 0.1) is 5.41 Å². The summed E-state index contributed by atoms with van der Waals surface area (Å²) in [6.07, 6.45) is 1.19. The average molecular weight is 228 g/mol. The molecule has 16 heavy (non-hydrogen) atoms. The van der Waals surface area contributed by atoms with E-state index >= 15 is 0 Å². The molecule has 0 fully saturated rings. The highest BCUT2D eigenvalue weighted by atomic mass is 16.6. The summed E-state index contributed by atoms with van der Waals surface area (Å²) >= 11 is 0. The number of carbonyl (C=O) groups excluding carboxylic acids is 1. The maximum Gasteiger partial charge on any atom is 0.374 e. The third kappa shape index (κ3) is 2.03. The van der Waals surface area contributed by atoms with Gasteiger partial charge in [0.05, 0.1) is 13.5 Å². The molecule has 1 N–H and O–H groups in total. The van der Waals surface area contributed by atoms with Gasteiger partial charge in [0.2, 0.25) is 5.76 Å². The molecule has 0 aromatic rings. The summed E-state index contributed by atoms with van der Waals surface area (Å²) in [6, 6.07) is 0. The van der Waals surface area contributed by atoms with Gasteiger partial charge in [0.15, 0.2) is 0 Å². The Morgan fingerprint density at radius 1 is 1.56 bits per heavy atom. The van der Waals surface area contributed by atoms with Crippen molar-refractivity contribution >= 4 is 11.9 Å². The predicted molar refractivity (Wildman–Crippen MR) is 55.6 cm³/mol. The van der Waals surface area contributed by atoms with Crippen molar-refractivity contribution < 1.29 is 24.2 Å². The van der Waals surface area contributed by atoms with Gasteiger partial charge in [-0.3, -0.25) is 4.79 Å². The fourth-order valence-corrected chi connectivity index (χ4v) is 1.60. The van der Waals surface area contributed by atoms with Crippen molar-refractivity contribution in [2.24, 2.45) is 5.41 Å². The number of carboxylic acids is 1. The van der Waals surface area contributed by atoms with Gasteiger partial charge in [-0.25, -0.2) is 4.79 Å². The van der Waals surface area contributed by atoms with Gasteiger partial charge < -0.3 is 14.6 Å². The Morgan fingerprint density at radius 2 is 2.12 bits per heavy atom. The Bertz CT molecular complexity index is 350. The van der Waals surface area contributed by atoms with E-state index < -0.39 is 23.0 Å². The van der Waals surface area contributed by atoms with E-state index in [0.717, 1.165) is 0 Å². The molecule has 5 heteroatoms. The van der Waals surface area contributed by atoms with E-state index in [9.17, 15) is 9.59 Å². The van der Waals surface area contributed by atoms with E-state index in [1.807, 2.05) is 20.8 Å². The summed E-state index contributed by atoms with van der Waals surface area (Å²) < 4.78 is 10.0. The molecule has 0 bridgehead atoms. The van der Waals surface area contributed by atoms with Crippen LogP contribution in [-0.2, 0) is 19.1 Å². The first-order valence-electron chi connectivity index (χ1n) is 4.94. The monoisotopic (exact) mass is 228 g/mol. The lowest BCUT2D eigenvalue weighted by atomic mass is 9.74. The molecule has 0 saturated carbocycles. The average Bonchev–Trinajstić information content (AvgIpc) is 2.41. The van der Waals surface area contributed by atoms with Crippen LogP contribution in [0.1, 0.15) is 27.2 Å². The molecular formula is C11H16O5. The summed E-state index contributed by atoms with van der Waals surface area (Å²) in [7, 11) is 1.35. The third-order valence-electron chi connectivity index (χ3n) is 2.74. The highest BCUT2D eigenvalue weighted by molar-refractivity contribution is 5.90. The van der Waals surface area contributed by atoms with Gasteiger partial charge >= 0.3 is 11.9 Å². The summed E-state index contributed by atoms with van der Waals surface area (Å²) in [4.78, 5) is 22.3. The standard InChI is InChI=1S/C11H16O5/c1-10(2,3)11(6-8(12)13)5-7(15-4)9(14)16-11/h5H,6H2,1-4H3,(H,12,13). The maximum atomic E-state index is 11.4. The van der Waals surface area contributed by atoms with Crippen LogP contribution in [0.4, 0.5) is 0 Å². The van der Waals surface area contributed by atoms with Crippen molar-refractivity contribution in [3.05, 3.63) is 11.8 Å². The molecule has 1 aliphatic rings. The van der Waals surface area contributed by atoms with Crippen LogP contribution in [0.25, 0.3) is 0 Å². The fourth-order valence-electron chi connectivity index (χ4n) is 1.60. The number of cyclic esters (lactones) is 1. The van der Waals surface area contributed by atoms with E-state index in [1.165, 1.54) is 13.2 Å². The lowest BCUT2D eigenvalue weighted by Gasteiger charge is -2.37. The normalized spacial score (nSPS) is 25.0. The second kappa shape index (κ2) is 3.81. The maximum absolute atomic E-state index is 11.4. The number of hydrogen-bond donors (Lipinski definition) is 1. The SMILES string of the molecule is COC1=CC(CC(=O)O)(C(C)(C)C)OC1=O. The second-order valence-corrected chi connectivity index (χ2v) is 4.81. The van der Waals surface area contributed by atoms with E-state index in [0.29, 0.717) is 0 Å². The number of rotatable bonds is 3. The van der Waals surface area contributed by atoms with Gasteiger partial charge in [0, 0.05) is 11.5 Å². The molecule has 1 unspecified atom stereocenters. The molecule has 1 aliphatic heterocycles. The molecule has 1 atom stereocenters. The van der Waals surface area contributed by atoms with Gasteiger partial charge in [-0.15, -0.1) is 0 Å². The Kier molecular flexibility index (Phi) is 2.99. The summed E-state index contributed by atoms with van der Waals surface area (Å²) in [5.74, 6) is -1.56. The molecule has 1 heterocycles. The van der Waals surface area contributed by atoms with E-state index in [-0.39, 0.29) is 12.2 Å². The molecule has 90 valence electrons. The number of aliphatic carboxylic acids is 1. The molecule has 1 rings (SSSR count). The zero-order valence-electron chi connectivity index (χ0n) is 9.86. The highest BCUT2D eigenvalue weighted by Gasteiger charge is 2.51. The third-order valence-corrected chi connectivity index (χ3v) is 2.74. The van der Waals surface area contributed by atoms with Crippen LogP contribution in [0.15, 0.2) is 11.8 Å². The Morgan fingerprint density at radius 3 is 2.44 bits per heavy atom. The Hall–Kier alpha value is -1.52. The van der Waals surface area contributed by atoms with E-state index in [4.69, 9.17) is 14.6 Å². The fraction of sp³-hybridized carbons (Fsp3) is 0.636. The first-order chi connectivity index (χ1) is 7.22. The van der Waals surface area contributed by atoms with Crippen molar-refractivity contribution in [1.82, 2.24) is 0 Å². The van der Waals surface area contributed by atoms with Crippen LogP contribution in [-0.4, -0.2) is 29.8 Å². The number of carbonyl (C=O) groups is 2. The summed E-state index contributed by atoms with van der Waals surface area (Å²) in [5.41, 5.74) is -1.65. The van der Waals surface area contributed by atoms with Crippen molar-refractivity contribution in [1.29, 1.82) is 0 Å². The van der Waals surface area contributed by atoms with Crippen molar-refractivity contribution in [2.45, 2.75) is 32.8 Å². The zero-order valence-corrected chi connectivity index (χ0v) is 9.86. The highest BCUT2D eigenvalue weighted by Crippen LogP contribution is 2.42. The van der Waals surface area contributed by atoms with Gasteiger partial charge in [-0.05, 0) is 0 Å². The lowest BCUT2D eigenvalue weighted by molar-refractivity contribution is -0.163. The van der Waals surface area contributed by atoms with Crippen LogP contribution >= 0.6 is 0 Å². The van der Waals surface area contributed by atoms with Crippen molar-refractivity contribution in [3.8, 4) is 0 Å². The molecule has 0 saturated heterocycles. The topological polar surface area (TPSA) is 72.8 Å². The Labute approximate surface area is 94.0 Å². The lowest BCUT2D eigenvalue weighted by Crippen LogP contribution is -2.44. The number of methoxy groups -OCH3 is 1. The van der Waals surface area contributed by atoms with Crippen LogP contribution < -0.4 is 0 Å². The smallest absolute Gasteiger partial charge is 0.374 e. The first kappa shape index (κ1) is 12.5. The Balaban J connectivity index is 3.14. The minimum absolute atomic E-state index is 0.0659. The van der Waals surface area contributed by atoms with Gasteiger partial charge in [-0.1, -0.05) is 20.8 Å². The van der Waals surface area contributed by atoms with E-state index in [2.05, 4.69) is 0 Å². The predicted octanol–water partition coefficient (Wildman–Crippen LogP) is 1.33. The van der Waals surface area contributed by atoms with Crippen LogP contribution in [0.5, 0.6) is 0 Å². The number of carboxylic acid groups (broad SMARTS) is 1. The van der Waals surface area contributed by atoms with Crippen molar-refractivity contribution in [3.63, 3.8) is 0 Å². The summed E-state index contributed by atoms with van der Waals surface area (Å²) in [6.45, 7) is 5.45. The first-order valence-corrected chi connectivity index (χ1v) is 4.94. The molecule has 0 radical (unpaired) electrons. The van der Waals surface area contributed by atoms with Crippen LogP contribution in [0.2, 0.25) is 0 Å². The molecule has 5 nitrogen and oxygen atoms in total. The van der Waals surface area contributed by atoms with Gasteiger partial charge in [0.25, 0.3) is 0 Å². The molecular weight excluding hydrogens is 212 g/mol. The number of esters is 1. The second-order valence-electron chi connectivity index (χ2n) is 4.81. The zero-order chi connectivity index (χ0) is 12.6. The number of ether oxygens (including phenoxy) is 2. The molecule has 0 amide bonds. The molecule has 0 spiro atoms. The van der Waals surface area contributed by atoms with Gasteiger partial charge in [-0.2, -0.15) is 0 Å². The van der Waals surface area contributed by atoms with Crippen molar-refractivity contribution in [2.75, 3.05) is 7.11 Å². The largest absolute Gasteiger partial charge is 0.490 e. The van der Waals surface area contributed by atoms with E-state index in [1.54, 1.807) is 0 Å². The van der Waals surface area contributed by atoms with Crippen LogP contribution in [0.3, 0.4) is 0 Å². The minimum Gasteiger partial charge on any atom is -0.490 e. The van der Waals surface area contributed by atoms with Gasteiger partial charge in [0.1, 0.15) is 5.60 Å². The molecule has 0 aromatic heterocycles. The minimum atomic E-state index is -1.14. The summed E-state index contributed by atoms with van der Waals surface area (Å²) in [5, 5.41) is 8.89. The quantitative estimate of drug-likeness (QED) is 0.738.